The number of carbonyl (C=O) groups excluding carboxylic acids is 1. The van der Waals surface area contributed by atoms with Crippen LogP contribution in [0.1, 0.15) is 28.4 Å². The van der Waals surface area contributed by atoms with E-state index in [0.717, 1.165) is 42.9 Å². The lowest BCUT2D eigenvalue weighted by atomic mass is 10.00. The van der Waals surface area contributed by atoms with Gasteiger partial charge in [0.2, 0.25) is 5.91 Å². The third-order valence-corrected chi connectivity index (χ3v) is 5.82. The van der Waals surface area contributed by atoms with Gasteiger partial charge in [0, 0.05) is 49.9 Å². The first kappa shape index (κ1) is 22.7. The van der Waals surface area contributed by atoms with Crippen molar-refractivity contribution in [3.8, 4) is 11.1 Å². The smallest absolute Gasteiger partial charge is 0.250 e. The predicted molar refractivity (Wildman–Crippen MR) is 128 cm³/mol. The van der Waals surface area contributed by atoms with Crippen molar-refractivity contribution in [2.24, 2.45) is 0 Å². The summed E-state index contributed by atoms with van der Waals surface area (Å²) < 4.78 is 14.7. The standard InChI is InChI=1S/C27H27FN4O/c1-19-17-32(12-11-30-19)18-21-5-3-6-22(13-21)25-14-20(9-10-26(25)28)16-31-27(33)23-7-4-8-24(15-23)29-2/h3-10,13-15,19,30H,11-12,16-18H2,1H3,(H,31,33)/t19-/m0/s1. The summed E-state index contributed by atoms with van der Waals surface area (Å²) in [7, 11) is 0. The Labute approximate surface area is 194 Å². The Morgan fingerprint density at radius 3 is 2.82 bits per heavy atom. The summed E-state index contributed by atoms with van der Waals surface area (Å²) in [5.41, 5.74) is 4.16. The molecule has 5 nitrogen and oxygen atoms in total. The van der Waals surface area contributed by atoms with Crippen LogP contribution in [0.4, 0.5) is 10.1 Å². The van der Waals surface area contributed by atoms with E-state index in [4.69, 9.17) is 6.57 Å². The maximum atomic E-state index is 14.7. The highest BCUT2D eigenvalue weighted by molar-refractivity contribution is 5.95. The number of hydrogen-bond acceptors (Lipinski definition) is 3. The van der Waals surface area contributed by atoms with E-state index in [1.54, 1.807) is 36.4 Å². The van der Waals surface area contributed by atoms with Crippen LogP contribution in [-0.2, 0) is 13.1 Å². The van der Waals surface area contributed by atoms with Gasteiger partial charge in [0.25, 0.3) is 0 Å². The molecule has 0 bridgehead atoms. The van der Waals surface area contributed by atoms with Gasteiger partial charge in [-0.1, -0.05) is 42.5 Å². The van der Waals surface area contributed by atoms with Crippen LogP contribution in [0.5, 0.6) is 0 Å². The minimum absolute atomic E-state index is 0.265. The van der Waals surface area contributed by atoms with E-state index in [0.29, 0.717) is 22.9 Å². The molecule has 0 aliphatic carbocycles. The molecule has 2 N–H and O–H groups in total. The maximum absolute atomic E-state index is 14.7. The largest absolute Gasteiger partial charge is 0.348 e. The number of halogens is 1. The number of benzene rings is 3. The molecule has 1 aliphatic rings. The van der Waals surface area contributed by atoms with Gasteiger partial charge in [0.15, 0.2) is 5.69 Å². The molecule has 0 unspecified atom stereocenters. The first-order valence-electron chi connectivity index (χ1n) is 11.1. The highest BCUT2D eigenvalue weighted by Crippen LogP contribution is 2.26. The SMILES string of the molecule is [C-]#[N+]c1cccc(C(=O)NCc2ccc(F)c(-c3cccc(CN4CCN[C@@H](C)C4)c3)c2)c1. The van der Waals surface area contributed by atoms with E-state index in [9.17, 15) is 9.18 Å². The summed E-state index contributed by atoms with van der Waals surface area (Å²) in [6.07, 6.45) is 0. The second-order valence-corrected chi connectivity index (χ2v) is 8.45. The van der Waals surface area contributed by atoms with Crippen LogP contribution in [0.15, 0.2) is 66.7 Å². The van der Waals surface area contributed by atoms with Crippen molar-refractivity contribution in [2.45, 2.75) is 26.1 Å². The molecule has 1 saturated heterocycles. The molecule has 33 heavy (non-hydrogen) atoms. The number of nitrogens with one attached hydrogen (secondary N) is 2. The van der Waals surface area contributed by atoms with E-state index in [1.807, 2.05) is 18.2 Å². The molecule has 0 aromatic heterocycles. The Kier molecular flexibility index (Phi) is 7.13. The number of nitrogens with zero attached hydrogens (tertiary/aromatic N) is 2. The lowest BCUT2D eigenvalue weighted by Crippen LogP contribution is -2.48. The number of amides is 1. The van der Waals surface area contributed by atoms with Gasteiger partial charge in [-0.25, -0.2) is 9.24 Å². The van der Waals surface area contributed by atoms with Crippen molar-refractivity contribution in [3.05, 3.63) is 101 Å². The van der Waals surface area contributed by atoms with E-state index in [2.05, 4.69) is 33.4 Å². The Hall–Kier alpha value is -3.53. The maximum Gasteiger partial charge on any atom is 0.250 e. The second kappa shape index (κ2) is 10.4. The van der Waals surface area contributed by atoms with Crippen molar-refractivity contribution < 1.29 is 9.18 Å². The average molecular weight is 443 g/mol. The van der Waals surface area contributed by atoms with E-state index in [1.165, 1.54) is 6.07 Å². The second-order valence-electron chi connectivity index (χ2n) is 8.45. The number of hydrogen-bond donors (Lipinski definition) is 2. The fraction of sp³-hybridized carbons (Fsp3) is 0.259. The van der Waals surface area contributed by atoms with Crippen LogP contribution in [0, 0.1) is 12.4 Å². The Morgan fingerprint density at radius 1 is 1.15 bits per heavy atom. The highest BCUT2D eigenvalue weighted by atomic mass is 19.1. The highest BCUT2D eigenvalue weighted by Gasteiger charge is 2.16. The summed E-state index contributed by atoms with van der Waals surface area (Å²) in [5, 5.41) is 6.31. The van der Waals surface area contributed by atoms with Crippen LogP contribution >= 0.6 is 0 Å². The Bertz CT molecular complexity index is 1190. The minimum atomic E-state index is -0.289. The van der Waals surface area contributed by atoms with Crippen molar-refractivity contribution in [3.63, 3.8) is 0 Å². The molecular weight excluding hydrogens is 415 g/mol. The van der Waals surface area contributed by atoms with Crippen LogP contribution in [0.2, 0.25) is 0 Å². The molecule has 1 fully saturated rings. The van der Waals surface area contributed by atoms with Crippen molar-refractivity contribution in [1.82, 2.24) is 15.5 Å². The molecule has 3 aromatic carbocycles. The van der Waals surface area contributed by atoms with Crippen LogP contribution in [-0.4, -0.2) is 36.5 Å². The molecule has 1 heterocycles. The third-order valence-electron chi connectivity index (χ3n) is 5.82. The first-order chi connectivity index (χ1) is 16.0. The zero-order valence-electron chi connectivity index (χ0n) is 18.6. The summed E-state index contributed by atoms with van der Waals surface area (Å²) in [4.78, 5) is 18.2. The fourth-order valence-electron chi connectivity index (χ4n) is 4.16. The van der Waals surface area contributed by atoms with Crippen LogP contribution in [0.3, 0.4) is 0 Å². The van der Waals surface area contributed by atoms with Gasteiger partial charge in [-0.2, -0.15) is 0 Å². The van der Waals surface area contributed by atoms with Gasteiger partial charge in [-0.05, 0) is 47.9 Å². The lowest BCUT2D eigenvalue weighted by Gasteiger charge is -2.31. The Balaban J connectivity index is 1.47. The molecule has 4 rings (SSSR count). The lowest BCUT2D eigenvalue weighted by molar-refractivity contribution is 0.0951. The van der Waals surface area contributed by atoms with Gasteiger partial charge >= 0.3 is 0 Å². The van der Waals surface area contributed by atoms with E-state index < -0.39 is 0 Å². The van der Waals surface area contributed by atoms with Crippen LogP contribution < -0.4 is 10.6 Å². The Morgan fingerprint density at radius 2 is 2.00 bits per heavy atom. The summed E-state index contributed by atoms with van der Waals surface area (Å²) in [6.45, 7) is 13.3. The number of piperazine rings is 1. The summed E-state index contributed by atoms with van der Waals surface area (Å²) >= 11 is 0. The van der Waals surface area contributed by atoms with Gasteiger partial charge in [-0.15, -0.1) is 0 Å². The third kappa shape index (κ3) is 5.83. The van der Waals surface area contributed by atoms with Gasteiger partial charge < -0.3 is 10.6 Å². The average Bonchev–Trinajstić information content (AvgIpc) is 2.83. The van der Waals surface area contributed by atoms with Crippen molar-refractivity contribution in [1.29, 1.82) is 0 Å². The van der Waals surface area contributed by atoms with E-state index >= 15 is 0 Å². The van der Waals surface area contributed by atoms with E-state index in [-0.39, 0.29) is 18.3 Å². The topological polar surface area (TPSA) is 48.7 Å². The van der Waals surface area contributed by atoms with Crippen molar-refractivity contribution >= 4 is 11.6 Å². The van der Waals surface area contributed by atoms with Crippen LogP contribution in [0.25, 0.3) is 16.0 Å². The zero-order valence-corrected chi connectivity index (χ0v) is 18.6. The van der Waals surface area contributed by atoms with Gasteiger partial charge in [0.1, 0.15) is 5.82 Å². The molecule has 168 valence electrons. The molecule has 0 saturated carbocycles. The molecule has 3 aromatic rings. The quantitative estimate of drug-likeness (QED) is 0.541. The summed E-state index contributed by atoms with van der Waals surface area (Å²) in [6, 6.07) is 20.0. The summed E-state index contributed by atoms with van der Waals surface area (Å²) in [5.74, 6) is -0.554. The molecule has 1 atom stereocenters. The monoisotopic (exact) mass is 442 g/mol. The minimum Gasteiger partial charge on any atom is -0.348 e. The predicted octanol–water partition coefficient (Wildman–Crippen LogP) is 4.77. The molecule has 1 aliphatic heterocycles. The molecular formula is C27H27FN4O. The van der Waals surface area contributed by atoms with Crippen molar-refractivity contribution in [2.75, 3.05) is 19.6 Å². The first-order valence-corrected chi connectivity index (χ1v) is 11.1. The van der Waals surface area contributed by atoms with Gasteiger partial charge in [-0.3, -0.25) is 9.69 Å². The zero-order chi connectivity index (χ0) is 23.2. The normalized spacial score (nSPS) is 16.2. The fourth-order valence-corrected chi connectivity index (χ4v) is 4.16. The number of rotatable bonds is 6. The number of carbonyl (C=O) groups is 1. The van der Waals surface area contributed by atoms with Gasteiger partial charge in [0.05, 0.1) is 6.57 Å². The molecule has 6 heteroatoms. The molecule has 1 amide bonds. The molecule has 0 radical (unpaired) electrons. The molecule has 0 spiro atoms.